The fraction of sp³-hybridized carbons (Fsp3) is 1.00. The highest BCUT2D eigenvalue weighted by Crippen LogP contribution is 2.42. The van der Waals surface area contributed by atoms with Crippen LogP contribution >= 0.6 is 0 Å². The Kier molecular flexibility index (Phi) is 7.45. The second-order valence-corrected chi connectivity index (χ2v) is 7.08. The molecule has 0 amide bonds. The van der Waals surface area contributed by atoms with E-state index >= 15 is 0 Å². The second kappa shape index (κ2) is 8.32. The van der Waals surface area contributed by atoms with Gasteiger partial charge < -0.3 is 19.7 Å². The van der Waals surface area contributed by atoms with Gasteiger partial charge in [0.1, 0.15) is 0 Å². The molecule has 2 atom stereocenters. The lowest BCUT2D eigenvalue weighted by atomic mass is 9.64. The Morgan fingerprint density at radius 2 is 2.00 bits per heavy atom. The van der Waals surface area contributed by atoms with Gasteiger partial charge in [0.2, 0.25) is 0 Å². The Labute approximate surface area is 125 Å². The number of methoxy groups -OCH3 is 1. The number of hydrogen-bond acceptors (Lipinski definition) is 4. The molecule has 0 radical (unpaired) electrons. The molecule has 0 spiro atoms. The maximum Gasteiger partial charge on any atom is 0.0656 e. The summed E-state index contributed by atoms with van der Waals surface area (Å²) in [6.45, 7) is 13.8. The van der Waals surface area contributed by atoms with E-state index < -0.39 is 0 Å². The van der Waals surface area contributed by atoms with Crippen LogP contribution in [0.25, 0.3) is 0 Å². The van der Waals surface area contributed by atoms with Crippen LogP contribution in [-0.2, 0) is 9.47 Å². The number of rotatable bonds is 10. The van der Waals surface area contributed by atoms with Crippen molar-refractivity contribution >= 4 is 0 Å². The van der Waals surface area contributed by atoms with E-state index in [0.29, 0.717) is 18.1 Å². The minimum absolute atomic E-state index is 0.250. The Hall–Kier alpha value is -0.160. The van der Waals surface area contributed by atoms with Crippen molar-refractivity contribution in [2.45, 2.75) is 46.3 Å². The standard InChI is InChI=1S/C16H34N2O2/c1-13(2)12-20-15-11-14(16(15,3)4)17-7-8-18(5)9-10-19-6/h13-15,17H,7-12H2,1-6H3. The fourth-order valence-electron chi connectivity index (χ4n) is 2.61. The Morgan fingerprint density at radius 1 is 1.30 bits per heavy atom. The van der Waals surface area contributed by atoms with Gasteiger partial charge in [-0.1, -0.05) is 27.7 Å². The van der Waals surface area contributed by atoms with Gasteiger partial charge in [0.25, 0.3) is 0 Å². The van der Waals surface area contributed by atoms with Crippen molar-refractivity contribution in [2.75, 3.05) is 47.0 Å². The van der Waals surface area contributed by atoms with Crippen molar-refractivity contribution in [2.24, 2.45) is 11.3 Å². The van der Waals surface area contributed by atoms with Gasteiger partial charge in [0.05, 0.1) is 12.7 Å². The highest BCUT2D eigenvalue weighted by atomic mass is 16.5. The average Bonchev–Trinajstić information content (AvgIpc) is 2.38. The van der Waals surface area contributed by atoms with Crippen molar-refractivity contribution in [1.82, 2.24) is 10.2 Å². The molecule has 4 nitrogen and oxygen atoms in total. The molecule has 1 N–H and O–H groups in total. The molecule has 1 fully saturated rings. The molecule has 4 heteroatoms. The number of hydrogen-bond donors (Lipinski definition) is 1. The maximum atomic E-state index is 6.00. The zero-order valence-corrected chi connectivity index (χ0v) is 14.2. The molecular weight excluding hydrogens is 252 g/mol. The molecule has 120 valence electrons. The molecule has 0 aromatic rings. The molecule has 0 heterocycles. The smallest absolute Gasteiger partial charge is 0.0656 e. The quantitative estimate of drug-likeness (QED) is 0.666. The lowest BCUT2D eigenvalue weighted by Crippen LogP contribution is -2.61. The summed E-state index contributed by atoms with van der Waals surface area (Å²) in [7, 11) is 3.89. The molecule has 1 aliphatic rings. The summed E-state index contributed by atoms with van der Waals surface area (Å²) in [5.41, 5.74) is 0.250. The summed E-state index contributed by atoms with van der Waals surface area (Å²) in [4.78, 5) is 2.30. The van der Waals surface area contributed by atoms with Crippen LogP contribution in [-0.4, -0.2) is 64.1 Å². The van der Waals surface area contributed by atoms with Gasteiger partial charge in [-0.25, -0.2) is 0 Å². The summed E-state index contributed by atoms with van der Waals surface area (Å²) in [5.74, 6) is 0.618. The molecule has 0 bridgehead atoms. The van der Waals surface area contributed by atoms with Crippen LogP contribution in [0.4, 0.5) is 0 Å². The molecule has 0 aliphatic heterocycles. The van der Waals surface area contributed by atoms with Crippen molar-refractivity contribution in [3.8, 4) is 0 Å². The SMILES string of the molecule is COCCN(C)CCNC1CC(OCC(C)C)C1(C)C. The van der Waals surface area contributed by atoms with E-state index in [4.69, 9.17) is 9.47 Å². The van der Waals surface area contributed by atoms with Crippen molar-refractivity contribution in [1.29, 1.82) is 0 Å². The van der Waals surface area contributed by atoms with Crippen LogP contribution in [0.5, 0.6) is 0 Å². The molecule has 0 aromatic carbocycles. The zero-order chi connectivity index (χ0) is 15.2. The van der Waals surface area contributed by atoms with Crippen molar-refractivity contribution in [3.63, 3.8) is 0 Å². The predicted molar refractivity (Wildman–Crippen MR) is 84.1 cm³/mol. The minimum Gasteiger partial charge on any atom is -0.383 e. The summed E-state index contributed by atoms with van der Waals surface area (Å²) in [5, 5.41) is 3.67. The molecule has 1 aliphatic carbocycles. The minimum atomic E-state index is 0.250. The van der Waals surface area contributed by atoms with Crippen molar-refractivity contribution in [3.05, 3.63) is 0 Å². The third-order valence-corrected chi connectivity index (χ3v) is 4.37. The van der Waals surface area contributed by atoms with Gasteiger partial charge in [-0.2, -0.15) is 0 Å². The van der Waals surface area contributed by atoms with E-state index in [1.807, 2.05) is 0 Å². The van der Waals surface area contributed by atoms with Gasteiger partial charge in [-0.15, -0.1) is 0 Å². The highest BCUT2D eigenvalue weighted by Gasteiger charge is 2.48. The van der Waals surface area contributed by atoms with Gasteiger partial charge >= 0.3 is 0 Å². The van der Waals surface area contributed by atoms with Crippen LogP contribution in [0.2, 0.25) is 0 Å². The van der Waals surface area contributed by atoms with Gasteiger partial charge in [-0.05, 0) is 19.4 Å². The van der Waals surface area contributed by atoms with E-state index in [1.54, 1.807) is 7.11 Å². The van der Waals surface area contributed by atoms with Crippen LogP contribution in [0, 0.1) is 11.3 Å². The first-order chi connectivity index (χ1) is 9.37. The van der Waals surface area contributed by atoms with Crippen LogP contribution < -0.4 is 5.32 Å². The van der Waals surface area contributed by atoms with Crippen molar-refractivity contribution < 1.29 is 9.47 Å². The first-order valence-electron chi connectivity index (χ1n) is 7.90. The van der Waals surface area contributed by atoms with Crippen LogP contribution in [0.3, 0.4) is 0 Å². The molecule has 0 aromatic heterocycles. The van der Waals surface area contributed by atoms with Gasteiger partial charge in [-0.3, -0.25) is 0 Å². The fourth-order valence-corrected chi connectivity index (χ4v) is 2.61. The van der Waals surface area contributed by atoms with Crippen LogP contribution in [0.15, 0.2) is 0 Å². The maximum absolute atomic E-state index is 6.00. The normalized spacial score (nSPS) is 25.2. The lowest BCUT2D eigenvalue weighted by molar-refractivity contribution is -0.123. The molecule has 1 saturated carbocycles. The topological polar surface area (TPSA) is 33.7 Å². The molecule has 20 heavy (non-hydrogen) atoms. The van der Waals surface area contributed by atoms with Gasteiger partial charge in [0.15, 0.2) is 0 Å². The molecule has 0 saturated heterocycles. The highest BCUT2D eigenvalue weighted by molar-refractivity contribution is 5.02. The molecule has 2 unspecified atom stereocenters. The summed E-state index contributed by atoms with van der Waals surface area (Å²) >= 11 is 0. The number of nitrogens with one attached hydrogen (secondary N) is 1. The first kappa shape index (κ1) is 17.9. The Morgan fingerprint density at radius 3 is 2.55 bits per heavy atom. The van der Waals surface area contributed by atoms with E-state index in [0.717, 1.165) is 39.3 Å². The zero-order valence-electron chi connectivity index (χ0n) is 14.2. The summed E-state index contributed by atoms with van der Waals surface area (Å²) in [6.07, 6.45) is 1.55. The van der Waals surface area contributed by atoms with Gasteiger partial charge in [0, 0.05) is 44.8 Å². The average molecular weight is 286 g/mol. The summed E-state index contributed by atoms with van der Waals surface area (Å²) < 4.78 is 11.1. The second-order valence-electron chi connectivity index (χ2n) is 7.08. The Balaban J connectivity index is 2.17. The molecule has 1 rings (SSSR count). The summed E-state index contributed by atoms with van der Waals surface area (Å²) in [6, 6.07) is 0.579. The third-order valence-electron chi connectivity index (χ3n) is 4.37. The largest absolute Gasteiger partial charge is 0.383 e. The van der Waals surface area contributed by atoms with Crippen LogP contribution in [0.1, 0.15) is 34.1 Å². The first-order valence-corrected chi connectivity index (χ1v) is 7.90. The Bertz CT molecular complexity index is 269. The van der Waals surface area contributed by atoms with E-state index in [2.05, 4.69) is 45.0 Å². The number of nitrogens with zero attached hydrogens (tertiary/aromatic N) is 1. The lowest BCUT2D eigenvalue weighted by Gasteiger charge is -2.52. The number of likely N-dealkylation sites (N-methyl/N-ethyl adjacent to an activating group) is 1. The predicted octanol–water partition coefficient (Wildman–Crippen LogP) is 1.99. The van der Waals surface area contributed by atoms with E-state index in [1.165, 1.54) is 0 Å². The molecular formula is C16H34N2O2. The third kappa shape index (κ3) is 5.32. The van der Waals surface area contributed by atoms with E-state index in [9.17, 15) is 0 Å². The van der Waals surface area contributed by atoms with E-state index in [-0.39, 0.29) is 5.41 Å². The number of ether oxygens (including phenoxy) is 2. The monoisotopic (exact) mass is 286 g/mol.